The molecule has 0 saturated carbocycles. The fourth-order valence-corrected chi connectivity index (χ4v) is 6.05. The van der Waals surface area contributed by atoms with E-state index in [-0.39, 0.29) is 29.2 Å². The van der Waals surface area contributed by atoms with E-state index in [2.05, 4.69) is 15.0 Å². The topological polar surface area (TPSA) is 112 Å². The third kappa shape index (κ3) is 5.68. The summed E-state index contributed by atoms with van der Waals surface area (Å²) in [6.45, 7) is 1.77. The van der Waals surface area contributed by atoms with Gasteiger partial charge in [-0.25, -0.2) is 12.8 Å². The second kappa shape index (κ2) is 10.8. The van der Waals surface area contributed by atoms with Gasteiger partial charge in [0.25, 0.3) is 5.91 Å². The maximum Gasteiger partial charge on any atom is 0.323 e. The van der Waals surface area contributed by atoms with Crippen LogP contribution in [0.25, 0.3) is 5.65 Å². The summed E-state index contributed by atoms with van der Waals surface area (Å²) in [7, 11) is -3.62. The molecule has 0 radical (unpaired) electrons. The van der Waals surface area contributed by atoms with Crippen molar-refractivity contribution in [2.24, 2.45) is 0 Å². The second-order valence-electron chi connectivity index (χ2n) is 9.62. The molecule has 1 aromatic carbocycles. The molecule has 4 heterocycles. The third-order valence-corrected chi connectivity index (χ3v) is 7.82. The third-order valence-electron chi connectivity index (χ3n) is 6.78. The van der Waals surface area contributed by atoms with Gasteiger partial charge in [-0.2, -0.15) is 14.6 Å². The zero-order valence-corrected chi connectivity index (χ0v) is 23.1. The molecule has 2 fully saturated rings. The van der Waals surface area contributed by atoms with E-state index in [1.54, 1.807) is 15.5 Å². The molecule has 204 valence electrons. The van der Waals surface area contributed by atoms with E-state index >= 15 is 0 Å². The number of hydrogen-bond donors (Lipinski definition) is 2. The lowest BCUT2D eigenvalue weighted by atomic mass is 9.98. The van der Waals surface area contributed by atoms with Gasteiger partial charge in [0.05, 0.1) is 41.4 Å². The molecule has 0 aliphatic carbocycles. The van der Waals surface area contributed by atoms with Crippen LogP contribution in [0.15, 0.2) is 30.3 Å². The first kappa shape index (κ1) is 26.9. The number of likely N-dealkylation sites (tertiary alicyclic amines) is 1. The quantitative estimate of drug-likeness (QED) is 0.428. The Labute approximate surface area is 230 Å². The number of aromatic nitrogens is 3. The standard InChI is InChI=1S/C24H28Cl2FN7O3S/c1-38(36,37)31-18-6-5-15(25)10-17(18)24(35)33-8-3-2-4-20(33)19-11-22-29-21(26)12-23(34(22)30-19)32-9-7-28-16(13-27)14-32/h5-6,10-12,16,20,26,28H,2-4,7-9,13-14H2,1H3/p+1/t16-,20-/m0/s1. The van der Waals surface area contributed by atoms with E-state index in [1.165, 1.54) is 18.2 Å². The van der Waals surface area contributed by atoms with Crippen molar-refractivity contribution in [3.63, 3.8) is 0 Å². The highest BCUT2D eigenvalue weighted by Gasteiger charge is 2.33. The molecule has 2 aromatic heterocycles. The van der Waals surface area contributed by atoms with Crippen LogP contribution < -0.4 is 14.9 Å². The van der Waals surface area contributed by atoms with Gasteiger partial charge < -0.3 is 15.1 Å². The van der Waals surface area contributed by atoms with E-state index in [9.17, 15) is 17.6 Å². The van der Waals surface area contributed by atoms with Gasteiger partial charge in [0.2, 0.25) is 10.0 Å². The number of piperazine rings is 1. The van der Waals surface area contributed by atoms with E-state index in [0.29, 0.717) is 54.1 Å². The molecule has 14 heteroatoms. The first-order valence-electron chi connectivity index (χ1n) is 12.3. The van der Waals surface area contributed by atoms with Crippen LogP contribution in [0.5, 0.6) is 0 Å². The second-order valence-corrected chi connectivity index (χ2v) is 12.2. The molecule has 0 bridgehead atoms. The lowest BCUT2D eigenvalue weighted by Crippen LogP contribution is -2.52. The van der Waals surface area contributed by atoms with Crippen LogP contribution in [0.4, 0.5) is 15.9 Å². The number of benzene rings is 1. The molecule has 5 rings (SSSR count). The Morgan fingerprint density at radius 3 is 2.84 bits per heavy atom. The van der Waals surface area contributed by atoms with Gasteiger partial charge in [-0.05, 0) is 37.5 Å². The van der Waals surface area contributed by atoms with E-state index in [0.717, 1.165) is 24.9 Å². The average molecular weight is 586 g/mol. The van der Waals surface area contributed by atoms with Crippen LogP contribution in [0.2, 0.25) is 10.2 Å². The maximum absolute atomic E-state index is 13.8. The van der Waals surface area contributed by atoms with Crippen molar-refractivity contribution >= 4 is 44.7 Å². The predicted molar refractivity (Wildman–Crippen MR) is 141 cm³/mol. The lowest BCUT2D eigenvalue weighted by Gasteiger charge is -2.35. The van der Waals surface area contributed by atoms with E-state index in [4.69, 9.17) is 28.3 Å². The molecule has 2 atom stereocenters. The van der Waals surface area contributed by atoms with E-state index < -0.39 is 16.7 Å². The predicted octanol–water partition coefficient (Wildman–Crippen LogP) is 2.57. The first-order chi connectivity index (χ1) is 18.1. The SMILES string of the molecule is CS(=O)(=O)Nc1ccc(Cl)cc1C(=O)N1CCCC[C@H]1c1cc2nc([ClH+])cc(N3CCN[C@@H](CF)C3)n2n1. The summed E-state index contributed by atoms with van der Waals surface area (Å²) in [5.41, 5.74) is 1.55. The number of alkyl halides is 1. The molecule has 10 nitrogen and oxygen atoms in total. The Balaban J connectivity index is 1.51. The fraction of sp³-hybridized carbons (Fsp3) is 0.458. The lowest BCUT2D eigenvalue weighted by molar-refractivity contribution is -0.296. The minimum Gasteiger partial charge on any atom is -0.353 e. The molecule has 38 heavy (non-hydrogen) atoms. The Hall–Kier alpha value is -2.67. The normalized spacial score (nSPS) is 20.6. The van der Waals surface area contributed by atoms with Gasteiger partial charge in [0.15, 0.2) is 17.2 Å². The van der Waals surface area contributed by atoms with Gasteiger partial charge in [-0.15, -0.1) is 0 Å². The molecule has 0 unspecified atom stereocenters. The zero-order valence-electron chi connectivity index (χ0n) is 20.7. The summed E-state index contributed by atoms with van der Waals surface area (Å²) in [5, 5.41) is 8.74. The number of nitrogens with one attached hydrogen (secondary N) is 2. The smallest absolute Gasteiger partial charge is 0.323 e. The maximum atomic E-state index is 13.8. The van der Waals surface area contributed by atoms with Gasteiger partial charge in [0.1, 0.15) is 12.5 Å². The summed E-state index contributed by atoms with van der Waals surface area (Å²) < 4.78 is 41.4. The van der Waals surface area contributed by atoms with Crippen LogP contribution in [0.3, 0.4) is 0 Å². The Morgan fingerprint density at radius 1 is 1.26 bits per heavy atom. The van der Waals surface area contributed by atoms with Crippen molar-refractivity contribution in [1.82, 2.24) is 24.8 Å². The molecule has 2 aliphatic heterocycles. The number of halogens is 3. The van der Waals surface area contributed by atoms with Gasteiger partial charge in [-0.1, -0.05) is 11.6 Å². The largest absolute Gasteiger partial charge is 0.353 e. The molecular formula is C24H29Cl2FN7O3S+. The van der Waals surface area contributed by atoms with Crippen LogP contribution in [-0.4, -0.2) is 79.0 Å². The van der Waals surface area contributed by atoms with Crippen molar-refractivity contribution in [3.8, 4) is 0 Å². The summed E-state index contributed by atoms with van der Waals surface area (Å²) in [5.74, 6) is 0.389. The summed E-state index contributed by atoms with van der Waals surface area (Å²) in [4.78, 5) is 22.0. The number of piperidine rings is 1. The van der Waals surface area contributed by atoms with Crippen molar-refractivity contribution in [1.29, 1.82) is 0 Å². The molecular weight excluding hydrogens is 556 g/mol. The molecule has 3 aromatic rings. The molecule has 1 amide bonds. The van der Waals surface area contributed by atoms with Gasteiger partial charge >= 0.3 is 5.15 Å². The summed E-state index contributed by atoms with van der Waals surface area (Å²) in [6, 6.07) is 7.45. The van der Waals surface area contributed by atoms with Gasteiger partial charge in [-0.3, -0.25) is 9.52 Å². The average Bonchev–Trinajstić information content (AvgIpc) is 3.32. The van der Waals surface area contributed by atoms with Gasteiger partial charge in [0, 0.05) is 37.3 Å². The minimum atomic E-state index is -3.62. The van der Waals surface area contributed by atoms with Crippen LogP contribution in [0, 0.1) is 11.6 Å². The van der Waals surface area contributed by atoms with Crippen molar-refractivity contribution in [2.45, 2.75) is 31.3 Å². The Morgan fingerprint density at radius 2 is 2.08 bits per heavy atom. The highest BCUT2D eigenvalue weighted by molar-refractivity contribution is 7.92. The summed E-state index contributed by atoms with van der Waals surface area (Å²) >= 11 is 11.6. The Bertz CT molecular complexity index is 1470. The molecule has 2 N–H and O–H groups in total. The minimum absolute atomic E-state index is 0.169. The van der Waals surface area contributed by atoms with Crippen LogP contribution in [0.1, 0.15) is 41.4 Å². The number of amides is 1. The fourth-order valence-electron chi connectivity index (χ4n) is 5.10. The number of fused-ring (bicyclic) bond motifs is 1. The monoisotopic (exact) mass is 584 g/mol. The van der Waals surface area contributed by atoms with Crippen molar-refractivity contribution in [3.05, 3.63) is 51.8 Å². The van der Waals surface area contributed by atoms with Crippen LogP contribution >= 0.6 is 11.6 Å². The highest BCUT2D eigenvalue weighted by Crippen LogP contribution is 2.34. The molecule has 2 aliphatic rings. The van der Waals surface area contributed by atoms with Crippen molar-refractivity contribution in [2.75, 3.05) is 48.7 Å². The van der Waals surface area contributed by atoms with Crippen LogP contribution in [-0.2, 0) is 10.0 Å². The molecule has 0 spiro atoms. The summed E-state index contributed by atoms with van der Waals surface area (Å²) in [6.07, 6.45) is 3.41. The Kier molecular flexibility index (Phi) is 7.67. The number of carbonyl (C=O) groups excluding carboxylic acids is 1. The molecule has 2 saturated heterocycles. The number of sulfonamides is 1. The van der Waals surface area contributed by atoms with Crippen molar-refractivity contribution < 1.29 is 29.2 Å². The number of carbonyl (C=O) groups is 1. The number of rotatable bonds is 6. The highest BCUT2D eigenvalue weighted by atomic mass is 35.5. The number of nitrogens with zero attached hydrogens (tertiary/aromatic N) is 5. The van der Waals surface area contributed by atoms with E-state index in [1.807, 2.05) is 11.0 Å². The number of anilines is 2. The number of hydrogen-bond acceptors (Lipinski definition) is 7. The first-order valence-corrected chi connectivity index (χ1v) is 15.0. The zero-order chi connectivity index (χ0) is 27.0.